The van der Waals surface area contributed by atoms with Crippen molar-refractivity contribution in [3.8, 4) is 0 Å². The lowest BCUT2D eigenvalue weighted by atomic mass is 10.0. The van der Waals surface area contributed by atoms with Crippen molar-refractivity contribution < 1.29 is 19.0 Å². The summed E-state index contributed by atoms with van der Waals surface area (Å²) >= 11 is 0. The van der Waals surface area contributed by atoms with Gasteiger partial charge in [-0.25, -0.2) is 4.84 Å². The van der Waals surface area contributed by atoms with Gasteiger partial charge in [0.05, 0.1) is 20.6 Å². The molecule has 0 aliphatic rings. The standard InChI is InChI=1S/C12H19N2O3/c1-12(2,10-11(15)16-3)14(17-4)13-8-6-5-7-9-13/h5-9H,10H2,1-4H3/q+1. The van der Waals surface area contributed by atoms with Crippen LogP contribution < -0.4 is 9.85 Å². The lowest BCUT2D eigenvalue weighted by Gasteiger charge is -2.30. The topological polar surface area (TPSA) is 42.6 Å². The van der Waals surface area contributed by atoms with E-state index in [2.05, 4.69) is 4.74 Å². The predicted octanol–water partition coefficient (Wildman–Crippen LogP) is 0.815. The van der Waals surface area contributed by atoms with Crippen LogP contribution in [0.25, 0.3) is 0 Å². The van der Waals surface area contributed by atoms with Gasteiger partial charge in [0.25, 0.3) is 0 Å². The minimum absolute atomic E-state index is 0.235. The van der Waals surface area contributed by atoms with Gasteiger partial charge in [-0.05, 0) is 19.0 Å². The average molecular weight is 239 g/mol. The summed E-state index contributed by atoms with van der Waals surface area (Å²) in [4.78, 5) is 16.7. The zero-order chi connectivity index (χ0) is 12.9. The first-order valence-electron chi connectivity index (χ1n) is 5.39. The summed E-state index contributed by atoms with van der Waals surface area (Å²) in [6, 6.07) is 5.69. The Morgan fingerprint density at radius 3 is 2.29 bits per heavy atom. The lowest BCUT2D eigenvalue weighted by molar-refractivity contribution is -0.738. The molecule has 1 aromatic heterocycles. The molecule has 0 N–H and O–H groups in total. The molecule has 1 aromatic rings. The molecule has 5 heteroatoms. The minimum atomic E-state index is -0.506. The number of nitrogens with zero attached hydrogens (tertiary/aromatic N) is 2. The first kappa shape index (κ1) is 13.4. The Morgan fingerprint density at radius 1 is 1.24 bits per heavy atom. The van der Waals surface area contributed by atoms with Gasteiger partial charge >= 0.3 is 5.97 Å². The van der Waals surface area contributed by atoms with Gasteiger partial charge in [-0.3, -0.25) is 4.79 Å². The van der Waals surface area contributed by atoms with Gasteiger partial charge in [0.1, 0.15) is 5.54 Å². The highest BCUT2D eigenvalue weighted by molar-refractivity contribution is 5.70. The van der Waals surface area contributed by atoms with Crippen LogP contribution >= 0.6 is 0 Å². The highest BCUT2D eigenvalue weighted by Gasteiger charge is 2.36. The fourth-order valence-corrected chi connectivity index (χ4v) is 1.66. The summed E-state index contributed by atoms with van der Waals surface area (Å²) in [5, 5.41) is 1.63. The van der Waals surface area contributed by atoms with Crippen LogP contribution in [0.1, 0.15) is 20.3 Å². The monoisotopic (exact) mass is 239 g/mol. The van der Waals surface area contributed by atoms with Gasteiger partial charge in [0.2, 0.25) is 12.4 Å². The molecular weight excluding hydrogens is 220 g/mol. The number of hydrogen-bond acceptors (Lipinski definition) is 4. The second-order valence-corrected chi connectivity index (χ2v) is 4.28. The number of hydroxylamine groups is 1. The van der Waals surface area contributed by atoms with E-state index in [0.29, 0.717) is 0 Å². The second-order valence-electron chi connectivity index (χ2n) is 4.28. The molecule has 17 heavy (non-hydrogen) atoms. The summed E-state index contributed by atoms with van der Waals surface area (Å²) in [7, 11) is 2.95. The molecule has 0 aliphatic carbocycles. The van der Waals surface area contributed by atoms with Crippen LogP contribution in [0.2, 0.25) is 0 Å². The largest absolute Gasteiger partial charge is 0.469 e. The number of carbonyl (C=O) groups excluding carboxylic acids is 1. The van der Waals surface area contributed by atoms with Crippen molar-refractivity contribution in [2.45, 2.75) is 25.8 Å². The van der Waals surface area contributed by atoms with Gasteiger partial charge in [0.15, 0.2) is 0 Å². The van der Waals surface area contributed by atoms with Crippen molar-refractivity contribution in [1.29, 1.82) is 0 Å². The van der Waals surface area contributed by atoms with Crippen molar-refractivity contribution in [2.75, 3.05) is 19.4 Å². The van der Waals surface area contributed by atoms with Crippen LogP contribution in [-0.4, -0.2) is 25.7 Å². The van der Waals surface area contributed by atoms with Crippen LogP contribution in [-0.2, 0) is 14.4 Å². The molecule has 0 spiro atoms. The summed E-state index contributed by atoms with van der Waals surface area (Å²) < 4.78 is 6.47. The van der Waals surface area contributed by atoms with Crippen LogP contribution in [0.15, 0.2) is 30.6 Å². The molecular formula is C12H19N2O3+. The third-order valence-electron chi connectivity index (χ3n) is 2.40. The molecule has 0 atom stereocenters. The number of esters is 1. The van der Waals surface area contributed by atoms with Gasteiger partial charge in [-0.1, -0.05) is 10.7 Å². The number of pyridine rings is 1. The maximum absolute atomic E-state index is 11.4. The molecule has 5 nitrogen and oxygen atoms in total. The SMILES string of the molecule is COC(=O)CC(C)(C)N(OC)[n+]1ccccc1. The Balaban J connectivity index is 2.90. The molecule has 0 unspecified atom stereocenters. The van der Waals surface area contributed by atoms with E-state index in [9.17, 15) is 4.79 Å². The maximum Gasteiger partial charge on any atom is 0.308 e. The van der Waals surface area contributed by atoms with Crippen LogP contribution in [0, 0.1) is 0 Å². The molecule has 1 heterocycles. The van der Waals surface area contributed by atoms with E-state index < -0.39 is 5.54 Å². The third kappa shape index (κ3) is 3.42. The molecule has 0 saturated carbocycles. The van der Waals surface area contributed by atoms with E-state index in [1.807, 2.05) is 44.4 Å². The Kier molecular flexibility index (Phi) is 4.45. The van der Waals surface area contributed by atoms with Gasteiger partial charge in [-0.15, -0.1) is 0 Å². The molecule has 0 aliphatic heterocycles. The Bertz CT molecular complexity index is 365. The fourth-order valence-electron chi connectivity index (χ4n) is 1.66. The molecule has 0 radical (unpaired) electrons. The number of ether oxygens (including phenoxy) is 1. The predicted molar refractivity (Wildman–Crippen MR) is 62.6 cm³/mol. The smallest absolute Gasteiger partial charge is 0.308 e. The van der Waals surface area contributed by atoms with Crippen molar-refractivity contribution in [3.63, 3.8) is 0 Å². The first-order valence-corrected chi connectivity index (χ1v) is 5.39. The summed E-state index contributed by atoms with van der Waals surface area (Å²) in [6.07, 6.45) is 3.93. The second kappa shape index (κ2) is 5.63. The number of carbonyl (C=O) groups is 1. The Hall–Kier alpha value is -1.62. The van der Waals surface area contributed by atoms with E-state index in [1.54, 1.807) is 17.0 Å². The highest BCUT2D eigenvalue weighted by atomic mass is 16.7. The quantitative estimate of drug-likeness (QED) is 0.433. The molecule has 0 fully saturated rings. The van der Waals surface area contributed by atoms with Crippen molar-refractivity contribution in [2.24, 2.45) is 0 Å². The molecule has 1 rings (SSSR count). The molecule has 0 amide bonds. The molecule has 94 valence electrons. The number of hydrogen-bond donors (Lipinski definition) is 0. The van der Waals surface area contributed by atoms with E-state index >= 15 is 0 Å². The van der Waals surface area contributed by atoms with Crippen molar-refractivity contribution in [3.05, 3.63) is 30.6 Å². The minimum Gasteiger partial charge on any atom is -0.469 e. The van der Waals surface area contributed by atoms with Gasteiger partial charge < -0.3 is 4.74 Å². The first-order chi connectivity index (χ1) is 8.01. The Labute approximate surface area is 101 Å². The zero-order valence-corrected chi connectivity index (χ0v) is 10.7. The van der Waals surface area contributed by atoms with Crippen molar-refractivity contribution in [1.82, 2.24) is 0 Å². The average Bonchev–Trinajstić information content (AvgIpc) is 2.30. The van der Waals surface area contributed by atoms with E-state index in [1.165, 1.54) is 7.11 Å². The number of rotatable bonds is 5. The zero-order valence-electron chi connectivity index (χ0n) is 10.7. The van der Waals surface area contributed by atoms with Gasteiger partial charge in [-0.2, -0.15) is 0 Å². The van der Waals surface area contributed by atoms with Crippen LogP contribution in [0.3, 0.4) is 0 Å². The highest BCUT2D eigenvalue weighted by Crippen LogP contribution is 2.15. The molecule has 0 saturated heterocycles. The number of aromatic nitrogens is 1. The molecule has 0 aromatic carbocycles. The lowest BCUT2D eigenvalue weighted by Crippen LogP contribution is -2.66. The van der Waals surface area contributed by atoms with Crippen molar-refractivity contribution >= 4 is 5.97 Å². The Morgan fingerprint density at radius 2 is 1.82 bits per heavy atom. The van der Waals surface area contributed by atoms with Crippen LogP contribution in [0.5, 0.6) is 0 Å². The van der Waals surface area contributed by atoms with E-state index in [4.69, 9.17) is 4.84 Å². The summed E-state index contributed by atoms with van der Waals surface area (Å²) in [5.41, 5.74) is -0.506. The molecule has 0 bridgehead atoms. The normalized spacial score (nSPS) is 11.1. The van der Waals surface area contributed by atoms with Crippen LogP contribution in [0.4, 0.5) is 0 Å². The maximum atomic E-state index is 11.4. The fraction of sp³-hybridized carbons (Fsp3) is 0.500. The van der Waals surface area contributed by atoms with E-state index in [0.717, 1.165) is 0 Å². The van der Waals surface area contributed by atoms with E-state index in [-0.39, 0.29) is 12.4 Å². The van der Waals surface area contributed by atoms with Gasteiger partial charge in [0, 0.05) is 12.1 Å². The summed E-state index contributed by atoms with van der Waals surface area (Å²) in [5.74, 6) is -0.270. The number of methoxy groups -OCH3 is 1. The summed E-state index contributed by atoms with van der Waals surface area (Å²) in [6.45, 7) is 3.82. The third-order valence-corrected chi connectivity index (χ3v) is 2.40.